The van der Waals surface area contributed by atoms with Gasteiger partial charge in [0.1, 0.15) is 5.82 Å². The number of aryl methyl sites for hydroxylation is 1. The lowest BCUT2D eigenvalue weighted by Gasteiger charge is -2.05. The zero-order valence-electron chi connectivity index (χ0n) is 9.09. The van der Waals surface area contributed by atoms with E-state index in [1.807, 2.05) is 24.8 Å². The Balaban J connectivity index is 2.31. The highest BCUT2D eigenvalue weighted by atomic mass is 35.5. The van der Waals surface area contributed by atoms with Gasteiger partial charge in [0.05, 0.1) is 0 Å². The number of hydrogen-bond donors (Lipinski definition) is 1. The van der Waals surface area contributed by atoms with Crippen LogP contribution >= 0.6 is 23.4 Å². The van der Waals surface area contributed by atoms with Gasteiger partial charge in [-0.1, -0.05) is 0 Å². The molecular formula is C10H16ClN3S. The maximum Gasteiger partial charge on any atom is 0.224 e. The van der Waals surface area contributed by atoms with Gasteiger partial charge in [0.25, 0.3) is 0 Å². The zero-order chi connectivity index (χ0) is 11.1. The predicted molar refractivity (Wildman–Crippen MR) is 67.9 cm³/mol. The number of rotatable bonds is 6. The minimum Gasteiger partial charge on any atom is -0.370 e. The summed E-state index contributed by atoms with van der Waals surface area (Å²) >= 11 is 7.63. The monoisotopic (exact) mass is 245 g/mol. The Morgan fingerprint density at radius 2 is 2.20 bits per heavy atom. The SMILES string of the molecule is CSCCCCNc1cc(C)nc(Cl)n1. The van der Waals surface area contributed by atoms with Gasteiger partial charge in [-0.25, -0.2) is 9.97 Å². The molecule has 1 aromatic rings. The van der Waals surface area contributed by atoms with Gasteiger partial charge in [-0.15, -0.1) is 0 Å². The molecule has 15 heavy (non-hydrogen) atoms. The van der Waals surface area contributed by atoms with Crippen molar-refractivity contribution >= 4 is 29.2 Å². The van der Waals surface area contributed by atoms with Crippen LogP contribution in [0.3, 0.4) is 0 Å². The third-order valence-electron chi connectivity index (χ3n) is 1.91. The predicted octanol–water partition coefficient (Wildman–Crippen LogP) is 2.99. The average Bonchev–Trinajstić information content (AvgIpc) is 2.16. The normalized spacial score (nSPS) is 10.3. The number of nitrogens with zero attached hydrogens (tertiary/aromatic N) is 2. The Morgan fingerprint density at radius 3 is 2.87 bits per heavy atom. The summed E-state index contributed by atoms with van der Waals surface area (Å²) in [5, 5.41) is 3.55. The largest absolute Gasteiger partial charge is 0.370 e. The van der Waals surface area contributed by atoms with Crippen molar-refractivity contribution in [3.05, 3.63) is 17.0 Å². The molecule has 5 heteroatoms. The van der Waals surface area contributed by atoms with Crippen molar-refractivity contribution < 1.29 is 0 Å². The molecular weight excluding hydrogens is 230 g/mol. The second-order valence-corrected chi connectivity index (χ2v) is 4.61. The number of thioether (sulfide) groups is 1. The Labute approximate surface area is 100 Å². The summed E-state index contributed by atoms with van der Waals surface area (Å²) in [6, 6.07) is 1.90. The minimum atomic E-state index is 0.307. The lowest BCUT2D eigenvalue weighted by atomic mass is 10.3. The Kier molecular flexibility index (Phi) is 5.79. The van der Waals surface area contributed by atoms with Gasteiger partial charge < -0.3 is 5.32 Å². The van der Waals surface area contributed by atoms with Gasteiger partial charge in [0, 0.05) is 18.3 Å². The van der Waals surface area contributed by atoms with Crippen LogP contribution in [-0.2, 0) is 0 Å². The lowest BCUT2D eigenvalue weighted by Crippen LogP contribution is -2.04. The van der Waals surface area contributed by atoms with Crippen LogP contribution in [0.2, 0.25) is 5.28 Å². The number of halogens is 1. The van der Waals surface area contributed by atoms with Gasteiger partial charge in [0.2, 0.25) is 5.28 Å². The quantitative estimate of drug-likeness (QED) is 0.618. The molecule has 0 aliphatic heterocycles. The first-order valence-corrected chi connectivity index (χ1v) is 6.73. The fourth-order valence-electron chi connectivity index (χ4n) is 1.21. The first-order chi connectivity index (χ1) is 7.22. The van der Waals surface area contributed by atoms with Gasteiger partial charge in [-0.05, 0) is 43.4 Å². The van der Waals surface area contributed by atoms with Crippen LogP contribution in [0.4, 0.5) is 5.82 Å². The van der Waals surface area contributed by atoms with E-state index in [0.717, 1.165) is 24.5 Å². The zero-order valence-corrected chi connectivity index (χ0v) is 10.7. The van der Waals surface area contributed by atoms with Crippen LogP contribution in [0.25, 0.3) is 0 Å². The molecule has 0 saturated heterocycles. The van der Waals surface area contributed by atoms with Crippen LogP contribution in [0.5, 0.6) is 0 Å². The van der Waals surface area contributed by atoms with Gasteiger partial charge in [-0.3, -0.25) is 0 Å². The molecule has 1 heterocycles. The molecule has 0 saturated carbocycles. The van der Waals surface area contributed by atoms with E-state index < -0.39 is 0 Å². The van der Waals surface area contributed by atoms with E-state index in [4.69, 9.17) is 11.6 Å². The first kappa shape index (κ1) is 12.6. The van der Waals surface area contributed by atoms with E-state index >= 15 is 0 Å². The van der Waals surface area contributed by atoms with Crippen LogP contribution < -0.4 is 5.32 Å². The van der Waals surface area contributed by atoms with E-state index in [9.17, 15) is 0 Å². The summed E-state index contributed by atoms with van der Waals surface area (Å²) in [5.74, 6) is 2.03. The van der Waals surface area contributed by atoms with Gasteiger partial charge >= 0.3 is 0 Å². The van der Waals surface area contributed by atoms with Crippen LogP contribution in [0, 0.1) is 6.92 Å². The van der Waals surface area contributed by atoms with Crippen molar-refractivity contribution in [2.75, 3.05) is 23.9 Å². The smallest absolute Gasteiger partial charge is 0.224 e. The summed E-state index contributed by atoms with van der Waals surface area (Å²) in [5.41, 5.74) is 0.890. The molecule has 0 aromatic carbocycles. The van der Waals surface area contributed by atoms with E-state index in [1.54, 1.807) is 0 Å². The first-order valence-electron chi connectivity index (χ1n) is 4.96. The molecule has 0 aliphatic rings. The van der Waals surface area contributed by atoms with Crippen molar-refractivity contribution in [1.82, 2.24) is 9.97 Å². The molecule has 0 spiro atoms. The van der Waals surface area contributed by atoms with Crippen molar-refractivity contribution in [3.8, 4) is 0 Å². The highest BCUT2D eigenvalue weighted by Crippen LogP contribution is 2.09. The summed E-state index contributed by atoms with van der Waals surface area (Å²) < 4.78 is 0. The molecule has 84 valence electrons. The van der Waals surface area contributed by atoms with Crippen molar-refractivity contribution in [3.63, 3.8) is 0 Å². The molecule has 1 rings (SSSR count). The molecule has 1 N–H and O–H groups in total. The molecule has 1 aromatic heterocycles. The van der Waals surface area contributed by atoms with Crippen molar-refractivity contribution in [2.45, 2.75) is 19.8 Å². The summed E-state index contributed by atoms with van der Waals surface area (Å²) in [7, 11) is 0. The van der Waals surface area contributed by atoms with Crippen LogP contribution in [-0.4, -0.2) is 28.5 Å². The highest BCUT2D eigenvalue weighted by molar-refractivity contribution is 7.98. The third-order valence-corrected chi connectivity index (χ3v) is 2.77. The molecule has 3 nitrogen and oxygen atoms in total. The minimum absolute atomic E-state index is 0.307. The molecule has 0 aliphatic carbocycles. The van der Waals surface area contributed by atoms with E-state index in [1.165, 1.54) is 12.2 Å². The lowest BCUT2D eigenvalue weighted by molar-refractivity contribution is 0.838. The molecule has 0 unspecified atom stereocenters. The maximum atomic E-state index is 5.75. The molecule has 0 bridgehead atoms. The van der Waals surface area contributed by atoms with Crippen molar-refractivity contribution in [2.24, 2.45) is 0 Å². The van der Waals surface area contributed by atoms with Crippen LogP contribution in [0.15, 0.2) is 6.07 Å². The Morgan fingerprint density at radius 1 is 1.40 bits per heavy atom. The number of nitrogens with one attached hydrogen (secondary N) is 1. The molecule has 0 radical (unpaired) electrons. The highest BCUT2D eigenvalue weighted by Gasteiger charge is 1.98. The molecule has 0 fully saturated rings. The summed E-state index contributed by atoms with van der Waals surface area (Å²) in [4.78, 5) is 8.09. The average molecular weight is 246 g/mol. The molecule has 0 atom stereocenters. The number of anilines is 1. The fourth-order valence-corrected chi connectivity index (χ4v) is 1.93. The number of aromatic nitrogens is 2. The third kappa shape index (κ3) is 5.23. The van der Waals surface area contributed by atoms with Gasteiger partial charge in [0.15, 0.2) is 0 Å². The van der Waals surface area contributed by atoms with Crippen LogP contribution in [0.1, 0.15) is 18.5 Å². The standard InChI is InChI=1S/C10H16ClN3S/c1-8-7-9(14-10(11)13-8)12-5-3-4-6-15-2/h7H,3-6H2,1-2H3,(H,12,13,14). The van der Waals surface area contributed by atoms with Gasteiger partial charge in [-0.2, -0.15) is 11.8 Å². The van der Waals surface area contributed by atoms with E-state index in [-0.39, 0.29) is 0 Å². The second-order valence-electron chi connectivity index (χ2n) is 3.29. The summed E-state index contributed by atoms with van der Waals surface area (Å²) in [6.07, 6.45) is 4.51. The molecule has 0 amide bonds. The second kappa shape index (κ2) is 6.90. The van der Waals surface area contributed by atoms with E-state index in [0.29, 0.717) is 5.28 Å². The number of hydrogen-bond acceptors (Lipinski definition) is 4. The van der Waals surface area contributed by atoms with Crippen molar-refractivity contribution in [1.29, 1.82) is 0 Å². The van der Waals surface area contributed by atoms with E-state index in [2.05, 4.69) is 21.5 Å². The Hall–Kier alpha value is -0.480. The topological polar surface area (TPSA) is 37.8 Å². The summed E-state index contributed by atoms with van der Waals surface area (Å²) in [6.45, 7) is 2.85. The maximum absolute atomic E-state index is 5.75. The number of unbranched alkanes of at least 4 members (excludes halogenated alkanes) is 1. The fraction of sp³-hybridized carbons (Fsp3) is 0.600. The Bertz CT molecular complexity index is 286.